The van der Waals surface area contributed by atoms with Crippen molar-refractivity contribution >= 4 is 11.8 Å². The molecule has 0 saturated carbocycles. The summed E-state index contributed by atoms with van der Waals surface area (Å²) < 4.78 is 10.0. The highest BCUT2D eigenvalue weighted by Crippen LogP contribution is 2.29. The predicted molar refractivity (Wildman–Crippen MR) is 51.7 cm³/mol. The van der Waals surface area contributed by atoms with Crippen molar-refractivity contribution in [3.05, 3.63) is 24.3 Å². The Morgan fingerprint density at radius 3 is 2.86 bits per heavy atom. The maximum atomic E-state index is 11.3. The molecule has 74 valence electrons. The molecule has 1 aliphatic rings. The van der Waals surface area contributed by atoms with E-state index in [4.69, 9.17) is 9.47 Å². The van der Waals surface area contributed by atoms with Crippen molar-refractivity contribution in [2.45, 2.75) is 0 Å². The van der Waals surface area contributed by atoms with E-state index in [0.717, 1.165) is 5.69 Å². The number of methoxy groups -OCH3 is 1. The van der Waals surface area contributed by atoms with Gasteiger partial charge >= 0.3 is 6.09 Å². The summed E-state index contributed by atoms with van der Waals surface area (Å²) in [6.07, 6.45) is -0.311. The van der Waals surface area contributed by atoms with Crippen LogP contribution in [0.4, 0.5) is 10.5 Å². The Labute approximate surface area is 82.0 Å². The SMILES string of the molecule is COc1ccccc1N1CCOC1=O. The van der Waals surface area contributed by atoms with Crippen LogP contribution in [0, 0.1) is 0 Å². The van der Waals surface area contributed by atoms with Gasteiger partial charge < -0.3 is 9.47 Å². The molecule has 1 saturated heterocycles. The van der Waals surface area contributed by atoms with Gasteiger partial charge in [-0.1, -0.05) is 12.1 Å². The third-order valence-electron chi connectivity index (χ3n) is 2.14. The van der Waals surface area contributed by atoms with Crippen LogP contribution in [0.2, 0.25) is 0 Å². The topological polar surface area (TPSA) is 38.8 Å². The summed E-state index contributed by atoms with van der Waals surface area (Å²) in [5.41, 5.74) is 0.762. The number of nitrogens with zero attached hydrogens (tertiary/aromatic N) is 1. The lowest BCUT2D eigenvalue weighted by atomic mass is 10.2. The van der Waals surface area contributed by atoms with Crippen molar-refractivity contribution in [1.29, 1.82) is 0 Å². The van der Waals surface area contributed by atoms with Gasteiger partial charge in [-0.05, 0) is 12.1 Å². The second-order valence-corrected chi connectivity index (χ2v) is 2.94. The Morgan fingerprint density at radius 1 is 1.43 bits per heavy atom. The fourth-order valence-electron chi connectivity index (χ4n) is 1.47. The molecule has 4 nitrogen and oxygen atoms in total. The molecule has 4 heteroatoms. The van der Waals surface area contributed by atoms with Crippen molar-refractivity contribution < 1.29 is 14.3 Å². The van der Waals surface area contributed by atoms with Crippen molar-refractivity contribution in [2.75, 3.05) is 25.2 Å². The lowest BCUT2D eigenvalue weighted by Gasteiger charge is -2.15. The van der Waals surface area contributed by atoms with Crippen LogP contribution in [-0.2, 0) is 4.74 Å². The smallest absolute Gasteiger partial charge is 0.414 e. The Bertz CT molecular complexity index is 351. The molecule has 0 N–H and O–H groups in total. The third kappa shape index (κ3) is 1.39. The van der Waals surface area contributed by atoms with E-state index < -0.39 is 0 Å². The molecule has 0 aromatic heterocycles. The minimum Gasteiger partial charge on any atom is -0.495 e. The van der Waals surface area contributed by atoms with E-state index in [-0.39, 0.29) is 6.09 Å². The first-order chi connectivity index (χ1) is 6.83. The Balaban J connectivity index is 2.35. The summed E-state index contributed by atoms with van der Waals surface area (Å²) in [6, 6.07) is 7.39. The summed E-state index contributed by atoms with van der Waals surface area (Å²) in [5, 5.41) is 0. The van der Waals surface area contributed by atoms with Gasteiger partial charge in [-0.25, -0.2) is 4.79 Å². The highest BCUT2D eigenvalue weighted by molar-refractivity contribution is 5.91. The maximum absolute atomic E-state index is 11.3. The molecule has 0 aliphatic carbocycles. The Hall–Kier alpha value is -1.71. The number of hydrogen-bond acceptors (Lipinski definition) is 3. The standard InChI is InChI=1S/C10H11NO3/c1-13-9-5-3-2-4-8(9)11-6-7-14-10(11)12/h2-5H,6-7H2,1H3. The molecule has 1 fully saturated rings. The zero-order valence-electron chi connectivity index (χ0n) is 7.90. The highest BCUT2D eigenvalue weighted by Gasteiger charge is 2.25. The first-order valence-electron chi connectivity index (χ1n) is 4.40. The number of hydrogen-bond donors (Lipinski definition) is 0. The van der Waals surface area contributed by atoms with Crippen LogP contribution in [0.5, 0.6) is 5.75 Å². The van der Waals surface area contributed by atoms with Gasteiger partial charge in [0.25, 0.3) is 0 Å². The van der Waals surface area contributed by atoms with Gasteiger partial charge in [0, 0.05) is 0 Å². The molecule has 14 heavy (non-hydrogen) atoms. The second kappa shape index (κ2) is 3.57. The molecule has 0 spiro atoms. The number of benzene rings is 1. The zero-order valence-corrected chi connectivity index (χ0v) is 7.90. The molecular formula is C10H11NO3. The van der Waals surface area contributed by atoms with Crippen LogP contribution in [0.15, 0.2) is 24.3 Å². The maximum Gasteiger partial charge on any atom is 0.414 e. The fourth-order valence-corrected chi connectivity index (χ4v) is 1.47. The average Bonchev–Trinajstić information content (AvgIpc) is 2.64. The highest BCUT2D eigenvalue weighted by atomic mass is 16.6. The van der Waals surface area contributed by atoms with Gasteiger partial charge in [-0.3, -0.25) is 4.90 Å². The molecule has 0 radical (unpaired) electrons. The molecule has 1 aromatic rings. The van der Waals surface area contributed by atoms with Crippen LogP contribution in [-0.4, -0.2) is 26.4 Å². The normalized spacial score (nSPS) is 15.5. The third-order valence-corrected chi connectivity index (χ3v) is 2.14. The van der Waals surface area contributed by atoms with Gasteiger partial charge in [0.2, 0.25) is 0 Å². The summed E-state index contributed by atoms with van der Waals surface area (Å²) in [4.78, 5) is 12.9. The van der Waals surface area contributed by atoms with E-state index in [1.165, 1.54) is 0 Å². The number of anilines is 1. The number of carbonyl (C=O) groups is 1. The lowest BCUT2D eigenvalue weighted by Crippen LogP contribution is -2.23. The number of carbonyl (C=O) groups excluding carboxylic acids is 1. The first kappa shape index (κ1) is 8.87. The van der Waals surface area contributed by atoms with Crippen LogP contribution in [0.25, 0.3) is 0 Å². The van der Waals surface area contributed by atoms with Crippen molar-refractivity contribution in [3.63, 3.8) is 0 Å². The quantitative estimate of drug-likeness (QED) is 0.716. The number of cyclic esters (lactones) is 1. The summed E-state index contributed by atoms with van der Waals surface area (Å²) in [6.45, 7) is 1.02. The monoisotopic (exact) mass is 193 g/mol. The van der Waals surface area contributed by atoms with Gasteiger partial charge in [0.1, 0.15) is 12.4 Å². The predicted octanol–water partition coefficient (Wildman–Crippen LogP) is 1.65. The van der Waals surface area contributed by atoms with Crippen molar-refractivity contribution in [2.24, 2.45) is 0 Å². The van der Waals surface area contributed by atoms with Crippen LogP contribution < -0.4 is 9.64 Å². The van der Waals surface area contributed by atoms with Crippen LogP contribution in [0.1, 0.15) is 0 Å². The summed E-state index contributed by atoms with van der Waals surface area (Å²) in [7, 11) is 1.58. The number of amides is 1. The molecule has 0 unspecified atom stereocenters. The second-order valence-electron chi connectivity index (χ2n) is 2.94. The number of rotatable bonds is 2. The zero-order chi connectivity index (χ0) is 9.97. The molecule has 1 aliphatic heterocycles. The molecule has 0 atom stereocenters. The first-order valence-corrected chi connectivity index (χ1v) is 4.40. The summed E-state index contributed by atoms with van der Waals surface area (Å²) in [5.74, 6) is 0.686. The minimum absolute atomic E-state index is 0.311. The van der Waals surface area contributed by atoms with Crippen LogP contribution in [0.3, 0.4) is 0 Å². The average molecular weight is 193 g/mol. The van der Waals surface area contributed by atoms with Gasteiger partial charge in [-0.2, -0.15) is 0 Å². The Kier molecular flexibility index (Phi) is 2.26. The molecule has 1 aromatic carbocycles. The minimum atomic E-state index is -0.311. The number of ether oxygens (including phenoxy) is 2. The molecule has 1 amide bonds. The van der Waals surface area contributed by atoms with Crippen LogP contribution >= 0.6 is 0 Å². The van der Waals surface area contributed by atoms with Gasteiger partial charge in [0.05, 0.1) is 19.3 Å². The molecular weight excluding hydrogens is 182 g/mol. The van der Waals surface area contributed by atoms with Gasteiger partial charge in [-0.15, -0.1) is 0 Å². The van der Waals surface area contributed by atoms with E-state index in [9.17, 15) is 4.79 Å². The largest absolute Gasteiger partial charge is 0.495 e. The molecule has 0 bridgehead atoms. The lowest BCUT2D eigenvalue weighted by molar-refractivity contribution is 0.181. The molecule has 1 heterocycles. The van der Waals surface area contributed by atoms with E-state index >= 15 is 0 Å². The van der Waals surface area contributed by atoms with E-state index in [1.54, 1.807) is 12.0 Å². The van der Waals surface area contributed by atoms with E-state index in [1.807, 2.05) is 24.3 Å². The van der Waals surface area contributed by atoms with Crippen molar-refractivity contribution in [1.82, 2.24) is 0 Å². The Morgan fingerprint density at radius 2 is 2.21 bits per heavy atom. The van der Waals surface area contributed by atoms with Gasteiger partial charge in [0.15, 0.2) is 0 Å². The van der Waals surface area contributed by atoms with E-state index in [0.29, 0.717) is 18.9 Å². The summed E-state index contributed by atoms with van der Waals surface area (Å²) >= 11 is 0. The van der Waals surface area contributed by atoms with E-state index in [2.05, 4.69) is 0 Å². The molecule has 2 rings (SSSR count). The fraction of sp³-hybridized carbons (Fsp3) is 0.300. The number of para-hydroxylation sites is 2. The van der Waals surface area contributed by atoms with Crippen molar-refractivity contribution in [3.8, 4) is 5.75 Å².